The smallest absolute Gasteiger partial charge is 0.306 e. The van der Waals surface area contributed by atoms with Gasteiger partial charge in [-0.3, -0.25) is 9.59 Å². The summed E-state index contributed by atoms with van der Waals surface area (Å²) < 4.78 is 5.93. The molecule has 0 spiro atoms. The highest BCUT2D eigenvalue weighted by atomic mass is 16.5. The minimum atomic E-state index is -0.790. The zero-order chi connectivity index (χ0) is 44.5. The number of aliphatic hydroxyl groups is 2. The first-order chi connectivity index (χ1) is 30.0. The molecule has 0 rings (SSSR count). The van der Waals surface area contributed by atoms with Gasteiger partial charge in [0.1, 0.15) is 6.10 Å². The van der Waals surface area contributed by atoms with Crippen LogP contribution in [0.15, 0.2) is 48.6 Å². The highest BCUT2D eigenvalue weighted by molar-refractivity contribution is 5.77. The molecule has 0 saturated carbocycles. The number of rotatable bonds is 47. The maximum Gasteiger partial charge on any atom is 0.306 e. The highest BCUT2D eigenvalue weighted by Crippen LogP contribution is 2.18. The van der Waals surface area contributed by atoms with Crippen molar-refractivity contribution in [2.24, 2.45) is 0 Å². The summed E-state index contributed by atoms with van der Waals surface area (Å²) in [4.78, 5) is 26.1. The fourth-order valence-corrected chi connectivity index (χ4v) is 8.03. The van der Waals surface area contributed by atoms with Crippen molar-refractivity contribution in [3.8, 4) is 0 Å². The largest absolute Gasteiger partial charge is 0.462 e. The standard InChI is InChI=1S/C55H101NO5/c1-4-7-10-13-16-19-22-25-27-29-32-35-38-41-44-47-53(58)52(50-57)56-54(59)49-51(46-43-40-37-34-31-24-21-18-15-12-9-6-3)61-55(60)48-45-42-39-36-33-30-28-26-23-20-17-14-11-8-5-2/h8,11,14,17,20,23,26,28,51-53,57-58H,4-7,9-10,12-13,15-16,18-19,21-22,24-25,27,29-50H2,1-3H3,(H,56,59)/b11-8+,17-14+,23-20+,28-26-. The summed E-state index contributed by atoms with van der Waals surface area (Å²) in [5.74, 6) is -0.492. The molecule has 0 saturated heterocycles. The van der Waals surface area contributed by atoms with E-state index >= 15 is 0 Å². The van der Waals surface area contributed by atoms with Crippen LogP contribution in [0.5, 0.6) is 0 Å². The van der Waals surface area contributed by atoms with Gasteiger partial charge >= 0.3 is 5.97 Å². The molecule has 0 fully saturated rings. The van der Waals surface area contributed by atoms with Gasteiger partial charge in [-0.25, -0.2) is 0 Å². The van der Waals surface area contributed by atoms with E-state index in [0.29, 0.717) is 19.3 Å². The third kappa shape index (κ3) is 44.2. The number of hydrogen-bond acceptors (Lipinski definition) is 5. The lowest BCUT2D eigenvalue weighted by Crippen LogP contribution is -2.46. The predicted molar refractivity (Wildman–Crippen MR) is 264 cm³/mol. The third-order valence-electron chi connectivity index (χ3n) is 12.0. The predicted octanol–water partition coefficient (Wildman–Crippen LogP) is 15.8. The third-order valence-corrected chi connectivity index (χ3v) is 12.0. The lowest BCUT2D eigenvalue weighted by Gasteiger charge is -2.24. The molecule has 0 radical (unpaired) electrons. The Labute approximate surface area is 378 Å². The fourth-order valence-electron chi connectivity index (χ4n) is 8.03. The van der Waals surface area contributed by atoms with Gasteiger partial charge in [0, 0.05) is 6.42 Å². The summed E-state index contributed by atoms with van der Waals surface area (Å²) in [5.41, 5.74) is 0. The number of nitrogens with one attached hydrogen (secondary N) is 1. The van der Waals surface area contributed by atoms with Gasteiger partial charge in [-0.05, 0) is 44.9 Å². The van der Waals surface area contributed by atoms with Crippen LogP contribution in [0.2, 0.25) is 0 Å². The number of carbonyl (C=O) groups is 2. The van der Waals surface area contributed by atoms with Gasteiger partial charge in [0.2, 0.25) is 5.91 Å². The van der Waals surface area contributed by atoms with Crippen LogP contribution in [0.4, 0.5) is 0 Å². The molecular weight excluding hydrogens is 755 g/mol. The molecule has 0 bridgehead atoms. The Morgan fingerprint density at radius 3 is 1.34 bits per heavy atom. The molecule has 0 aromatic heterocycles. The highest BCUT2D eigenvalue weighted by Gasteiger charge is 2.24. The molecule has 61 heavy (non-hydrogen) atoms. The van der Waals surface area contributed by atoms with Crippen LogP contribution in [0.1, 0.15) is 265 Å². The minimum absolute atomic E-state index is 0.0703. The van der Waals surface area contributed by atoms with E-state index < -0.39 is 18.2 Å². The number of allylic oxidation sites excluding steroid dienone is 8. The number of carbonyl (C=O) groups excluding carboxylic acids is 2. The number of hydrogen-bond donors (Lipinski definition) is 3. The van der Waals surface area contributed by atoms with Crippen LogP contribution < -0.4 is 5.32 Å². The summed E-state index contributed by atoms with van der Waals surface area (Å²) in [6.07, 6.45) is 58.8. The van der Waals surface area contributed by atoms with E-state index in [1.165, 1.54) is 148 Å². The average Bonchev–Trinajstić information content (AvgIpc) is 3.25. The molecule has 3 N–H and O–H groups in total. The van der Waals surface area contributed by atoms with Crippen molar-refractivity contribution in [3.05, 3.63) is 48.6 Å². The monoisotopic (exact) mass is 856 g/mol. The summed E-state index contributed by atoms with van der Waals surface area (Å²) in [5, 5.41) is 23.8. The second kappa shape index (κ2) is 48.8. The molecular formula is C55H101NO5. The summed E-state index contributed by atoms with van der Waals surface area (Å²) in [6.45, 7) is 6.36. The SMILES string of the molecule is CC/C=C/C=C/C=C/C=C\CCCCCCCC(=O)OC(CCCCCCCCCCCCCC)CC(=O)NC(CO)C(O)CCCCCCCCCCCCCCCCC. The van der Waals surface area contributed by atoms with Crippen LogP contribution >= 0.6 is 0 Å². The fraction of sp³-hybridized carbons (Fsp3) is 0.818. The Hall–Kier alpha value is -2.18. The van der Waals surface area contributed by atoms with E-state index in [1.54, 1.807) is 0 Å². The van der Waals surface area contributed by atoms with E-state index in [0.717, 1.165) is 70.6 Å². The van der Waals surface area contributed by atoms with Gasteiger partial charge in [0.25, 0.3) is 0 Å². The molecule has 0 heterocycles. The molecule has 3 atom stereocenters. The Balaban J connectivity index is 4.55. The Bertz CT molecular complexity index is 1050. The second-order valence-corrected chi connectivity index (χ2v) is 18.0. The van der Waals surface area contributed by atoms with Gasteiger partial charge in [-0.15, -0.1) is 0 Å². The first-order valence-corrected chi connectivity index (χ1v) is 26.4. The van der Waals surface area contributed by atoms with Gasteiger partial charge < -0.3 is 20.3 Å². The van der Waals surface area contributed by atoms with Crippen molar-refractivity contribution in [2.75, 3.05) is 6.61 Å². The molecule has 0 aromatic rings. The van der Waals surface area contributed by atoms with Crippen molar-refractivity contribution in [1.29, 1.82) is 0 Å². The molecule has 6 nitrogen and oxygen atoms in total. The zero-order valence-corrected chi connectivity index (χ0v) is 40.5. The van der Waals surface area contributed by atoms with E-state index in [1.807, 2.05) is 18.2 Å². The number of aliphatic hydroxyl groups excluding tert-OH is 2. The number of ether oxygens (including phenoxy) is 1. The van der Waals surface area contributed by atoms with Gasteiger partial charge in [0.05, 0.1) is 25.2 Å². The number of amides is 1. The quantitative estimate of drug-likeness (QED) is 0.0322. The molecule has 0 aliphatic carbocycles. The maximum atomic E-state index is 13.2. The topological polar surface area (TPSA) is 95.9 Å². The van der Waals surface area contributed by atoms with Gasteiger partial charge in [0.15, 0.2) is 0 Å². The van der Waals surface area contributed by atoms with Gasteiger partial charge in [-0.2, -0.15) is 0 Å². The van der Waals surface area contributed by atoms with Crippen molar-refractivity contribution in [3.63, 3.8) is 0 Å². The molecule has 356 valence electrons. The summed E-state index contributed by atoms with van der Waals surface area (Å²) >= 11 is 0. The molecule has 0 aliphatic rings. The van der Waals surface area contributed by atoms with Crippen LogP contribution in [-0.2, 0) is 14.3 Å². The lowest BCUT2D eigenvalue weighted by molar-refractivity contribution is -0.151. The lowest BCUT2D eigenvalue weighted by atomic mass is 10.0. The Morgan fingerprint density at radius 2 is 0.885 bits per heavy atom. The summed E-state index contributed by atoms with van der Waals surface area (Å²) in [7, 11) is 0. The van der Waals surface area contributed by atoms with E-state index in [-0.39, 0.29) is 24.9 Å². The van der Waals surface area contributed by atoms with Crippen molar-refractivity contribution in [2.45, 2.75) is 283 Å². The van der Waals surface area contributed by atoms with Crippen LogP contribution in [-0.4, -0.2) is 46.9 Å². The molecule has 0 aromatic carbocycles. The van der Waals surface area contributed by atoms with Gasteiger partial charge in [-0.1, -0.05) is 256 Å². The van der Waals surface area contributed by atoms with Crippen molar-refractivity contribution >= 4 is 11.9 Å². The van der Waals surface area contributed by atoms with Crippen LogP contribution in [0, 0.1) is 0 Å². The second-order valence-electron chi connectivity index (χ2n) is 18.0. The average molecular weight is 856 g/mol. The zero-order valence-electron chi connectivity index (χ0n) is 40.5. The van der Waals surface area contributed by atoms with Crippen molar-refractivity contribution < 1.29 is 24.5 Å². The van der Waals surface area contributed by atoms with E-state index in [2.05, 4.69) is 56.5 Å². The number of esters is 1. The Kier molecular flexibility index (Phi) is 47.1. The molecule has 3 unspecified atom stereocenters. The van der Waals surface area contributed by atoms with Crippen molar-refractivity contribution in [1.82, 2.24) is 5.32 Å². The Morgan fingerprint density at radius 1 is 0.492 bits per heavy atom. The van der Waals surface area contributed by atoms with E-state index in [9.17, 15) is 19.8 Å². The van der Waals surface area contributed by atoms with E-state index in [4.69, 9.17) is 4.74 Å². The van der Waals surface area contributed by atoms with Crippen LogP contribution in [0.3, 0.4) is 0 Å². The molecule has 0 aliphatic heterocycles. The molecule has 6 heteroatoms. The number of unbranched alkanes of at least 4 members (excludes halogenated alkanes) is 30. The first kappa shape index (κ1) is 58.8. The molecule has 1 amide bonds. The van der Waals surface area contributed by atoms with Crippen LogP contribution in [0.25, 0.3) is 0 Å². The summed E-state index contributed by atoms with van der Waals surface area (Å²) in [6, 6.07) is -0.704. The minimum Gasteiger partial charge on any atom is -0.462 e. The maximum absolute atomic E-state index is 13.2. The normalized spacial score (nSPS) is 13.6. The first-order valence-electron chi connectivity index (χ1n) is 26.4.